The number of nitrogens with zero attached hydrogens (tertiary/aromatic N) is 1. The standard InChI is InChI=1S/C9H5NO4S/c10-4-15-7-3-5(8(11)12)1-2-6(7)9(13)14/h1-3H,(H,11,12)(H,13,14). The summed E-state index contributed by atoms with van der Waals surface area (Å²) in [5.41, 5.74) is -0.121. The van der Waals surface area contributed by atoms with E-state index in [-0.39, 0.29) is 16.0 Å². The molecule has 0 aromatic heterocycles. The quantitative estimate of drug-likeness (QED) is 0.597. The van der Waals surface area contributed by atoms with Crippen molar-refractivity contribution in [1.82, 2.24) is 0 Å². The minimum absolute atomic E-state index is 0.0437. The van der Waals surface area contributed by atoms with Crippen molar-refractivity contribution in [3.8, 4) is 5.40 Å². The van der Waals surface area contributed by atoms with Crippen LogP contribution in [0.5, 0.6) is 0 Å². The van der Waals surface area contributed by atoms with Gasteiger partial charge >= 0.3 is 11.9 Å². The summed E-state index contributed by atoms with van der Waals surface area (Å²) in [4.78, 5) is 21.4. The second kappa shape index (κ2) is 4.48. The van der Waals surface area contributed by atoms with Crippen LogP contribution in [0.1, 0.15) is 20.7 Å². The molecule has 0 bridgehead atoms. The van der Waals surface area contributed by atoms with Crippen LogP contribution in [-0.4, -0.2) is 22.2 Å². The lowest BCUT2D eigenvalue weighted by molar-refractivity contribution is 0.0678. The summed E-state index contributed by atoms with van der Waals surface area (Å²) >= 11 is 0.623. The molecule has 0 atom stereocenters. The third-order valence-electron chi connectivity index (χ3n) is 1.61. The van der Waals surface area contributed by atoms with Crippen LogP contribution in [-0.2, 0) is 0 Å². The normalized spacial score (nSPS) is 9.27. The molecule has 6 heteroatoms. The lowest BCUT2D eigenvalue weighted by Gasteiger charge is -2.02. The van der Waals surface area contributed by atoms with E-state index in [1.807, 2.05) is 0 Å². The maximum absolute atomic E-state index is 10.7. The van der Waals surface area contributed by atoms with Gasteiger partial charge in [-0.05, 0) is 30.0 Å². The van der Waals surface area contributed by atoms with Gasteiger partial charge in [-0.25, -0.2) is 9.59 Å². The van der Waals surface area contributed by atoms with Crippen LogP contribution in [0, 0.1) is 10.7 Å². The zero-order valence-corrected chi connectivity index (χ0v) is 8.11. The lowest BCUT2D eigenvalue weighted by Crippen LogP contribution is -2.02. The fourth-order valence-electron chi connectivity index (χ4n) is 0.966. The van der Waals surface area contributed by atoms with E-state index in [0.29, 0.717) is 11.8 Å². The molecule has 0 aliphatic heterocycles. The highest BCUT2D eigenvalue weighted by molar-refractivity contribution is 8.03. The second-order valence-electron chi connectivity index (χ2n) is 2.51. The van der Waals surface area contributed by atoms with E-state index in [1.54, 1.807) is 5.40 Å². The molecular formula is C9H5NO4S. The van der Waals surface area contributed by atoms with E-state index in [9.17, 15) is 9.59 Å². The highest BCUT2D eigenvalue weighted by Gasteiger charge is 2.13. The van der Waals surface area contributed by atoms with E-state index in [0.717, 1.165) is 0 Å². The van der Waals surface area contributed by atoms with E-state index in [4.69, 9.17) is 15.5 Å². The molecule has 1 rings (SSSR count). The fourth-order valence-corrected chi connectivity index (χ4v) is 1.52. The number of benzene rings is 1. The largest absolute Gasteiger partial charge is 0.478 e. The number of nitriles is 1. The number of carboxylic acid groups (broad SMARTS) is 2. The Bertz CT molecular complexity index is 464. The van der Waals surface area contributed by atoms with Crippen LogP contribution < -0.4 is 0 Å². The molecule has 0 aliphatic carbocycles. The molecule has 5 nitrogen and oxygen atoms in total. The zero-order chi connectivity index (χ0) is 11.4. The zero-order valence-electron chi connectivity index (χ0n) is 7.30. The van der Waals surface area contributed by atoms with Crippen LogP contribution in [0.3, 0.4) is 0 Å². The molecule has 2 N–H and O–H groups in total. The summed E-state index contributed by atoms with van der Waals surface area (Å²) in [5, 5.41) is 27.6. The molecule has 15 heavy (non-hydrogen) atoms. The van der Waals surface area contributed by atoms with Crippen LogP contribution in [0.25, 0.3) is 0 Å². The van der Waals surface area contributed by atoms with Crippen molar-refractivity contribution >= 4 is 23.7 Å². The fraction of sp³-hybridized carbons (Fsp3) is 0. The monoisotopic (exact) mass is 223 g/mol. The number of hydrogen-bond donors (Lipinski definition) is 2. The van der Waals surface area contributed by atoms with Gasteiger partial charge in [0.05, 0.1) is 11.1 Å². The van der Waals surface area contributed by atoms with Crippen LogP contribution >= 0.6 is 11.8 Å². The molecule has 0 heterocycles. The highest BCUT2D eigenvalue weighted by Crippen LogP contribution is 2.23. The van der Waals surface area contributed by atoms with Crippen molar-refractivity contribution < 1.29 is 19.8 Å². The third kappa shape index (κ3) is 2.48. The minimum atomic E-state index is -1.19. The number of carbonyl (C=O) groups is 2. The molecule has 0 aliphatic rings. The maximum atomic E-state index is 10.7. The van der Waals surface area contributed by atoms with Gasteiger partial charge in [-0.3, -0.25) is 0 Å². The van der Waals surface area contributed by atoms with Gasteiger partial charge in [0.15, 0.2) is 0 Å². The van der Waals surface area contributed by atoms with Gasteiger partial charge in [-0.1, -0.05) is 0 Å². The van der Waals surface area contributed by atoms with Crippen LogP contribution in [0.4, 0.5) is 0 Å². The van der Waals surface area contributed by atoms with Crippen molar-refractivity contribution in [2.24, 2.45) is 0 Å². The van der Waals surface area contributed by atoms with Crippen LogP contribution in [0.2, 0.25) is 0 Å². The molecule has 0 fully saturated rings. The molecule has 0 amide bonds. The Hall–Kier alpha value is -2.00. The number of hydrogen-bond acceptors (Lipinski definition) is 4. The molecule has 1 aromatic rings. The topological polar surface area (TPSA) is 98.4 Å². The van der Waals surface area contributed by atoms with Crippen molar-refractivity contribution in [1.29, 1.82) is 5.26 Å². The van der Waals surface area contributed by atoms with E-state index in [2.05, 4.69) is 0 Å². The number of carboxylic acids is 2. The average Bonchev–Trinajstić information content (AvgIpc) is 2.17. The Morgan fingerprint density at radius 3 is 2.40 bits per heavy atom. The molecule has 0 unspecified atom stereocenters. The van der Waals surface area contributed by atoms with Crippen LogP contribution in [0.15, 0.2) is 23.1 Å². The summed E-state index contributed by atoms with van der Waals surface area (Å²) in [6.45, 7) is 0. The van der Waals surface area contributed by atoms with Crippen molar-refractivity contribution in [2.75, 3.05) is 0 Å². The Morgan fingerprint density at radius 2 is 1.93 bits per heavy atom. The molecule has 0 saturated carbocycles. The maximum Gasteiger partial charge on any atom is 0.336 e. The summed E-state index contributed by atoms with van der Waals surface area (Å²) in [6, 6.07) is 3.53. The van der Waals surface area contributed by atoms with Gasteiger partial charge in [0.25, 0.3) is 0 Å². The van der Waals surface area contributed by atoms with Crippen molar-refractivity contribution in [3.63, 3.8) is 0 Å². The van der Waals surface area contributed by atoms with Gasteiger partial charge in [-0.2, -0.15) is 5.26 Å². The van der Waals surface area contributed by atoms with Gasteiger partial charge in [-0.15, -0.1) is 0 Å². The molecule has 0 spiro atoms. The number of thiocyanates is 1. The van der Waals surface area contributed by atoms with Gasteiger partial charge in [0.2, 0.25) is 0 Å². The SMILES string of the molecule is N#CSc1cc(C(=O)O)ccc1C(=O)O. The Labute approximate surface area is 89.0 Å². The Kier molecular flexibility index (Phi) is 3.31. The minimum Gasteiger partial charge on any atom is -0.478 e. The van der Waals surface area contributed by atoms with E-state index >= 15 is 0 Å². The smallest absolute Gasteiger partial charge is 0.336 e. The number of thioether (sulfide) groups is 1. The first kappa shape index (κ1) is 11.1. The van der Waals surface area contributed by atoms with E-state index < -0.39 is 11.9 Å². The van der Waals surface area contributed by atoms with Crippen molar-refractivity contribution in [3.05, 3.63) is 29.3 Å². The van der Waals surface area contributed by atoms with Gasteiger partial charge in [0, 0.05) is 4.90 Å². The summed E-state index contributed by atoms with van der Waals surface area (Å²) in [7, 11) is 0. The lowest BCUT2D eigenvalue weighted by atomic mass is 10.1. The average molecular weight is 223 g/mol. The summed E-state index contributed by atoms with van der Waals surface area (Å²) < 4.78 is 0. The first-order valence-corrected chi connectivity index (χ1v) is 4.54. The molecule has 0 radical (unpaired) electrons. The predicted molar refractivity (Wildman–Crippen MR) is 51.8 cm³/mol. The van der Waals surface area contributed by atoms with Gasteiger partial charge < -0.3 is 10.2 Å². The van der Waals surface area contributed by atoms with Gasteiger partial charge in [0.1, 0.15) is 5.40 Å². The Morgan fingerprint density at radius 1 is 1.27 bits per heavy atom. The first-order valence-electron chi connectivity index (χ1n) is 3.73. The first-order chi connectivity index (χ1) is 7.06. The summed E-state index contributed by atoms with van der Waals surface area (Å²) in [5.74, 6) is -2.35. The number of rotatable bonds is 3. The molecule has 0 saturated heterocycles. The predicted octanol–water partition coefficient (Wildman–Crippen LogP) is 1.66. The highest BCUT2D eigenvalue weighted by atomic mass is 32.2. The number of aromatic carboxylic acids is 2. The van der Waals surface area contributed by atoms with Crippen molar-refractivity contribution in [2.45, 2.75) is 4.90 Å². The molecule has 76 valence electrons. The molecular weight excluding hydrogens is 218 g/mol. The second-order valence-corrected chi connectivity index (χ2v) is 3.34. The molecule has 1 aromatic carbocycles. The third-order valence-corrected chi connectivity index (χ3v) is 2.26. The summed E-state index contributed by atoms with van der Waals surface area (Å²) in [6.07, 6.45) is 0. The van der Waals surface area contributed by atoms with E-state index in [1.165, 1.54) is 18.2 Å². The Balaban J connectivity index is 3.27.